The van der Waals surface area contributed by atoms with Gasteiger partial charge in [-0.2, -0.15) is 0 Å². The van der Waals surface area contributed by atoms with Crippen molar-refractivity contribution in [1.29, 1.82) is 0 Å². The minimum atomic E-state index is -0.0538. The van der Waals surface area contributed by atoms with Gasteiger partial charge in [0.15, 0.2) is 5.78 Å². The van der Waals surface area contributed by atoms with Crippen LogP contribution in [0.5, 0.6) is 5.75 Å². The molecule has 0 unspecified atom stereocenters. The predicted molar refractivity (Wildman–Crippen MR) is 70.3 cm³/mol. The molecule has 0 aromatic heterocycles. The number of aromatic hydroxyl groups is 1. The third kappa shape index (κ3) is 1.46. The second-order valence-corrected chi connectivity index (χ2v) is 4.93. The third-order valence-corrected chi connectivity index (χ3v) is 3.53. The Morgan fingerprint density at radius 3 is 2.61 bits per heavy atom. The van der Waals surface area contributed by atoms with Gasteiger partial charge in [0.05, 0.1) is 5.56 Å². The van der Waals surface area contributed by atoms with Crippen LogP contribution in [0.2, 0.25) is 0 Å². The lowest BCUT2D eigenvalue weighted by molar-refractivity contribution is 0.103. The minimum Gasteiger partial charge on any atom is -0.507 e. The average Bonchev–Trinajstić information content (AvgIpc) is 2.27. The minimum absolute atomic E-state index is 0.0538. The van der Waals surface area contributed by atoms with E-state index in [2.05, 4.69) is 6.07 Å². The highest BCUT2D eigenvalue weighted by molar-refractivity contribution is 6.14. The number of rotatable bonds is 0. The number of carbonyl (C=O) groups excluding carboxylic acids is 1. The van der Waals surface area contributed by atoms with Gasteiger partial charge in [-0.1, -0.05) is 29.8 Å². The number of ketones is 1. The van der Waals surface area contributed by atoms with E-state index in [4.69, 9.17) is 0 Å². The molecule has 0 saturated heterocycles. The fraction of sp³-hybridized carbons (Fsp3) is 0.188. The number of fused-ring (bicyclic) bond motifs is 2. The molecule has 0 aliphatic heterocycles. The van der Waals surface area contributed by atoms with E-state index in [1.807, 2.05) is 26.0 Å². The molecule has 0 fully saturated rings. The number of hydrogen-bond donors (Lipinski definition) is 1. The molecule has 0 amide bonds. The van der Waals surface area contributed by atoms with E-state index in [0.29, 0.717) is 12.0 Å². The molecule has 2 heteroatoms. The Morgan fingerprint density at radius 2 is 1.83 bits per heavy atom. The molecule has 0 radical (unpaired) electrons. The number of hydrogen-bond acceptors (Lipinski definition) is 2. The highest BCUT2D eigenvalue weighted by Crippen LogP contribution is 2.34. The summed E-state index contributed by atoms with van der Waals surface area (Å²) in [6, 6.07) is 9.35. The summed E-state index contributed by atoms with van der Waals surface area (Å²) in [6.45, 7) is 3.99. The lowest BCUT2D eigenvalue weighted by atomic mass is 9.82. The Bertz CT molecular complexity index is 669. The summed E-state index contributed by atoms with van der Waals surface area (Å²) in [7, 11) is 0. The molecule has 2 aromatic rings. The lowest BCUT2D eigenvalue weighted by Gasteiger charge is -2.21. The zero-order valence-electron chi connectivity index (χ0n) is 10.4. The Labute approximate surface area is 106 Å². The summed E-state index contributed by atoms with van der Waals surface area (Å²) in [5.74, 6) is 0.0324. The molecule has 90 valence electrons. The first-order chi connectivity index (χ1) is 8.58. The molecule has 0 bridgehead atoms. The standard InChI is InChI=1S/C16H14O2/c1-9-6-10(2)14-12(7-9)8-11-4-3-5-13(17)15(11)16(14)18/h3-7,17H,8H2,1-2H3. The molecular formula is C16H14O2. The first kappa shape index (κ1) is 11.0. The summed E-state index contributed by atoms with van der Waals surface area (Å²) in [4.78, 5) is 12.5. The monoisotopic (exact) mass is 238 g/mol. The average molecular weight is 238 g/mol. The SMILES string of the molecule is Cc1cc(C)c2c(c1)Cc1cccc(O)c1C2=O. The van der Waals surface area contributed by atoms with Crippen LogP contribution in [0.25, 0.3) is 0 Å². The summed E-state index contributed by atoms with van der Waals surface area (Å²) in [5, 5.41) is 9.88. The van der Waals surface area contributed by atoms with Crippen LogP contribution in [-0.4, -0.2) is 10.9 Å². The van der Waals surface area contributed by atoms with Gasteiger partial charge in [-0.3, -0.25) is 4.79 Å². The molecule has 1 N–H and O–H groups in total. The van der Waals surface area contributed by atoms with Crippen molar-refractivity contribution >= 4 is 5.78 Å². The van der Waals surface area contributed by atoms with E-state index in [1.165, 1.54) is 5.56 Å². The molecule has 1 aliphatic carbocycles. The van der Waals surface area contributed by atoms with Crippen molar-refractivity contribution in [2.24, 2.45) is 0 Å². The molecule has 2 nitrogen and oxygen atoms in total. The topological polar surface area (TPSA) is 37.3 Å². The maximum absolute atomic E-state index is 12.5. The normalized spacial score (nSPS) is 13.1. The number of phenolic OH excluding ortho intramolecular Hbond substituents is 1. The van der Waals surface area contributed by atoms with Gasteiger partial charge in [-0.05, 0) is 43.0 Å². The summed E-state index contributed by atoms with van der Waals surface area (Å²) in [5.41, 5.74) is 5.37. The highest BCUT2D eigenvalue weighted by Gasteiger charge is 2.27. The smallest absolute Gasteiger partial charge is 0.197 e. The molecule has 0 heterocycles. The van der Waals surface area contributed by atoms with E-state index < -0.39 is 0 Å². The number of benzene rings is 2. The summed E-state index contributed by atoms with van der Waals surface area (Å²) in [6.07, 6.45) is 0.716. The first-order valence-corrected chi connectivity index (χ1v) is 6.03. The number of carbonyl (C=O) groups is 1. The van der Waals surface area contributed by atoms with E-state index in [0.717, 1.165) is 22.3 Å². The molecule has 0 saturated carbocycles. The van der Waals surface area contributed by atoms with Gasteiger partial charge < -0.3 is 5.11 Å². The van der Waals surface area contributed by atoms with Crippen molar-refractivity contribution in [3.63, 3.8) is 0 Å². The van der Waals surface area contributed by atoms with Gasteiger partial charge in [-0.15, -0.1) is 0 Å². The van der Waals surface area contributed by atoms with Gasteiger partial charge in [0, 0.05) is 5.56 Å². The fourth-order valence-electron chi connectivity index (χ4n) is 2.85. The Hall–Kier alpha value is -2.09. The zero-order chi connectivity index (χ0) is 12.9. The van der Waals surface area contributed by atoms with Crippen LogP contribution in [0.4, 0.5) is 0 Å². The predicted octanol–water partition coefficient (Wildman–Crippen LogP) is 3.14. The van der Waals surface area contributed by atoms with Crippen LogP contribution in [0.1, 0.15) is 38.2 Å². The second-order valence-electron chi connectivity index (χ2n) is 4.93. The molecule has 2 aromatic carbocycles. The van der Waals surface area contributed by atoms with Gasteiger partial charge in [0.1, 0.15) is 5.75 Å². The third-order valence-electron chi connectivity index (χ3n) is 3.53. The maximum atomic E-state index is 12.5. The van der Waals surface area contributed by atoms with E-state index in [9.17, 15) is 9.90 Å². The van der Waals surface area contributed by atoms with Crippen molar-refractivity contribution in [3.8, 4) is 5.75 Å². The van der Waals surface area contributed by atoms with Crippen molar-refractivity contribution in [1.82, 2.24) is 0 Å². The Kier molecular flexibility index (Phi) is 2.27. The van der Waals surface area contributed by atoms with E-state index >= 15 is 0 Å². The quantitative estimate of drug-likeness (QED) is 0.653. The van der Waals surface area contributed by atoms with Crippen LogP contribution in [0.3, 0.4) is 0 Å². The molecule has 0 spiro atoms. The maximum Gasteiger partial charge on any atom is 0.197 e. The van der Waals surface area contributed by atoms with Crippen LogP contribution >= 0.6 is 0 Å². The Balaban J connectivity index is 2.29. The highest BCUT2D eigenvalue weighted by atomic mass is 16.3. The fourth-order valence-corrected chi connectivity index (χ4v) is 2.85. The van der Waals surface area contributed by atoms with Gasteiger partial charge in [0.2, 0.25) is 0 Å². The van der Waals surface area contributed by atoms with Gasteiger partial charge in [0.25, 0.3) is 0 Å². The molecule has 18 heavy (non-hydrogen) atoms. The molecule has 0 atom stereocenters. The van der Waals surface area contributed by atoms with Crippen molar-refractivity contribution < 1.29 is 9.90 Å². The van der Waals surface area contributed by atoms with Crippen molar-refractivity contribution in [2.45, 2.75) is 20.3 Å². The molecule has 3 rings (SSSR count). The van der Waals surface area contributed by atoms with Crippen molar-refractivity contribution in [2.75, 3.05) is 0 Å². The van der Waals surface area contributed by atoms with Crippen molar-refractivity contribution in [3.05, 3.63) is 63.7 Å². The molecular weight excluding hydrogens is 224 g/mol. The van der Waals surface area contributed by atoms with Crippen LogP contribution < -0.4 is 0 Å². The zero-order valence-corrected chi connectivity index (χ0v) is 10.4. The van der Waals surface area contributed by atoms with Crippen LogP contribution in [0, 0.1) is 13.8 Å². The second kappa shape index (κ2) is 3.70. The van der Waals surface area contributed by atoms with Gasteiger partial charge >= 0.3 is 0 Å². The van der Waals surface area contributed by atoms with Crippen LogP contribution in [0.15, 0.2) is 30.3 Å². The van der Waals surface area contributed by atoms with Crippen LogP contribution in [-0.2, 0) is 6.42 Å². The van der Waals surface area contributed by atoms with E-state index in [-0.39, 0.29) is 11.5 Å². The molecule has 1 aliphatic rings. The summed E-state index contributed by atoms with van der Waals surface area (Å²) >= 11 is 0. The largest absolute Gasteiger partial charge is 0.507 e. The lowest BCUT2D eigenvalue weighted by Crippen LogP contribution is -2.17. The first-order valence-electron chi connectivity index (χ1n) is 6.03. The number of aryl methyl sites for hydroxylation is 2. The number of phenols is 1. The summed E-state index contributed by atoms with van der Waals surface area (Å²) < 4.78 is 0. The van der Waals surface area contributed by atoms with E-state index in [1.54, 1.807) is 12.1 Å². The Morgan fingerprint density at radius 1 is 1.06 bits per heavy atom. The van der Waals surface area contributed by atoms with Gasteiger partial charge in [-0.25, -0.2) is 0 Å².